The van der Waals surface area contributed by atoms with Crippen molar-refractivity contribution in [1.82, 2.24) is 10.1 Å². The number of hydrogen-bond acceptors (Lipinski definition) is 3. The van der Waals surface area contributed by atoms with Gasteiger partial charge < -0.3 is 4.52 Å². The normalized spacial score (nSPS) is 10.7. The fourth-order valence-electron chi connectivity index (χ4n) is 1.93. The van der Waals surface area contributed by atoms with Gasteiger partial charge in [-0.25, -0.2) is 0 Å². The Morgan fingerprint density at radius 2 is 1.80 bits per heavy atom. The van der Waals surface area contributed by atoms with Gasteiger partial charge in [0.05, 0.1) is 6.54 Å². The largest absolute Gasteiger partial charge is 0.359 e. The van der Waals surface area contributed by atoms with E-state index in [1.165, 1.54) is 0 Å². The molecule has 0 aliphatic heterocycles. The highest BCUT2D eigenvalue weighted by Crippen LogP contribution is 2.21. The zero-order valence-electron chi connectivity index (χ0n) is 11.3. The third-order valence-electron chi connectivity index (χ3n) is 2.85. The van der Waals surface area contributed by atoms with Crippen molar-refractivity contribution in [2.24, 2.45) is 0 Å². The SMILES string of the molecule is C=CCN(CC=C)Cc1cc(-c2ccc(Cl)cc2)no1. The Labute approximate surface area is 124 Å². The average Bonchev–Trinajstić information content (AvgIpc) is 2.89. The number of nitrogens with zero attached hydrogens (tertiary/aromatic N) is 2. The van der Waals surface area contributed by atoms with Gasteiger partial charge >= 0.3 is 0 Å². The summed E-state index contributed by atoms with van der Waals surface area (Å²) in [5.74, 6) is 0.818. The van der Waals surface area contributed by atoms with Gasteiger partial charge in [-0.2, -0.15) is 0 Å². The lowest BCUT2D eigenvalue weighted by molar-refractivity contribution is 0.272. The lowest BCUT2D eigenvalue weighted by Gasteiger charge is -2.16. The fourth-order valence-corrected chi connectivity index (χ4v) is 2.06. The van der Waals surface area contributed by atoms with Crippen LogP contribution in [0.3, 0.4) is 0 Å². The van der Waals surface area contributed by atoms with Crippen molar-refractivity contribution >= 4 is 11.6 Å². The third kappa shape index (κ3) is 3.83. The molecule has 0 aliphatic carbocycles. The number of rotatable bonds is 7. The van der Waals surface area contributed by atoms with Crippen LogP contribution in [-0.2, 0) is 6.54 Å². The Morgan fingerprint density at radius 3 is 2.40 bits per heavy atom. The first-order valence-electron chi connectivity index (χ1n) is 6.38. The van der Waals surface area contributed by atoms with Crippen LogP contribution in [0, 0.1) is 0 Å². The molecule has 4 heteroatoms. The van der Waals surface area contributed by atoms with Crippen LogP contribution >= 0.6 is 11.6 Å². The first-order valence-corrected chi connectivity index (χ1v) is 6.76. The molecule has 20 heavy (non-hydrogen) atoms. The highest BCUT2D eigenvalue weighted by Gasteiger charge is 2.09. The van der Waals surface area contributed by atoms with Crippen molar-refractivity contribution in [2.75, 3.05) is 13.1 Å². The molecule has 0 unspecified atom stereocenters. The second kappa shape index (κ2) is 7.08. The Bertz CT molecular complexity index is 564. The van der Waals surface area contributed by atoms with Gasteiger partial charge in [0.2, 0.25) is 0 Å². The van der Waals surface area contributed by atoms with Crippen molar-refractivity contribution in [3.8, 4) is 11.3 Å². The van der Waals surface area contributed by atoms with Gasteiger partial charge in [-0.1, -0.05) is 41.0 Å². The summed E-state index contributed by atoms with van der Waals surface area (Å²) in [5.41, 5.74) is 1.80. The minimum absolute atomic E-state index is 0.679. The Morgan fingerprint density at radius 1 is 1.15 bits per heavy atom. The second-order valence-corrected chi connectivity index (χ2v) is 4.89. The molecule has 3 nitrogen and oxygen atoms in total. The summed E-state index contributed by atoms with van der Waals surface area (Å²) in [6, 6.07) is 9.48. The standard InChI is InChI=1S/C16H17ClN2O/c1-3-9-19(10-4-2)12-15-11-16(18-20-15)13-5-7-14(17)8-6-13/h3-8,11H,1-2,9-10,12H2. The number of hydrogen-bond donors (Lipinski definition) is 0. The highest BCUT2D eigenvalue weighted by molar-refractivity contribution is 6.30. The molecule has 0 amide bonds. The van der Waals surface area contributed by atoms with Crippen LogP contribution in [0.2, 0.25) is 5.02 Å². The molecule has 2 rings (SSSR count). The Kier molecular flexibility index (Phi) is 5.16. The third-order valence-corrected chi connectivity index (χ3v) is 3.10. The van der Waals surface area contributed by atoms with Gasteiger partial charge in [0.15, 0.2) is 5.76 Å². The molecule has 0 fully saturated rings. The van der Waals surface area contributed by atoms with E-state index in [-0.39, 0.29) is 0 Å². The molecule has 2 aromatic rings. The number of aromatic nitrogens is 1. The van der Waals surface area contributed by atoms with E-state index in [2.05, 4.69) is 23.2 Å². The molecule has 0 N–H and O–H groups in total. The summed E-state index contributed by atoms with van der Waals surface area (Å²) in [6.07, 6.45) is 3.72. The van der Waals surface area contributed by atoms with Gasteiger partial charge in [0, 0.05) is 29.7 Å². The first kappa shape index (κ1) is 14.6. The quantitative estimate of drug-likeness (QED) is 0.716. The monoisotopic (exact) mass is 288 g/mol. The van der Waals surface area contributed by atoms with Crippen LogP contribution in [0.25, 0.3) is 11.3 Å². The van der Waals surface area contributed by atoms with Gasteiger partial charge in [-0.05, 0) is 12.1 Å². The van der Waals surface area contributed by atoms with E-state index in [0.717, 1.165) is 30.1 Å². The van der Waals surface area contributed by atoms with Gasteiger partial charge in [-0.15, -0.1) is 13.2 Å². The Hall–Kier alpha value is -1.84. The van der Waals surface area contributed by atoms with Crippen LogP contribution < -0.4 is 0 Å². The van der Waals surface area contributed by atoms with E-state index < -0.39 is 0 Å². The van der Waals surface area contributed by atoms with E-state index in [4.69, 9.17) is 16.1 Å². The summed E-state index contributed by atoms with van der Waals surface area (Å²) in [6.45, 7) is 9.74. The molecule has 0 bridgehead atoms. The summed E-state index contributed by atoms with van der Waals surface area (Å²) in [7, 11) is 0. The van der Waals surface area contributed by atoms with Crippen molar-refractivity contribution in [2.45, 2.75) is 6.54 Å². The molecular formula is C16H17ClN2O. The van der Waals surface area contributed by atoms with Crippen molar-refractivity contribution in [1.29, 1.82) is 0 Å². The summed E-state index contributed by atoms with van der Waals surface area (Å²) in [4.78, 5) is 2.16. The smallest absolute Gasteiger partial charge is 0.151 e. The average molecular weight is 289 g/mol. The lowest BCUT2D eigenvalue weighted by Crippen LogP contribution is -2.22. The zero-order valence-corrected chi connectivity index (χ0v) is 12.0. The first-order chi connectivity index (χ1) is 9.72. The molecule has 104 valence electrons. The van der Waals surface area contributed by atoms with E-state index in [1.807, 2.05) is 42.5 Å². The van der Waals surface area contributed by atoms with Crippen LogP contribution in [0.5, 0.6) is 0 Å². The molecule has 0 saturated heterocycles. The minimum atomic E-state index is 0.679. The van der Waals surface area contributed by atoms with Crippen LogP contribution in [0.15, 0.2) is 60.2 Å². The minimum Gasteiger partial charge on any atom is -0.359 e. The predicted octanol–water partition coefficient (Wildman–Crippen LogP) is 4.17. The molecule has 1 aromatic carbocycles. The van der Waals surface area contributed by atoms with Crippen LogP contribution in [0.4, 0.5) is 0 Å². The Balaban J connectivity index is 2.09. The van der Waals surface area contributed by atoms with Gasteiger partial charge in [-0.3, -0.25) is 4.90 Å². The maximum absolute atomic E-state index is 5.87. The maximum Gasteiger partial charge on any atom is 0.151 e. The molecule has 0 aliphatic rings. The number of benzene rings is 1. The molecule has 0 radical (unpaired) electrons. The molecule has 1 heterocycles. The van der Waals surface area contributed by atoms with Crippen molar-refractivity contribution in [3.63, 3.8) is 0 Å². The molecule has 0 spiro atoms. The topological polar surface area (TPSA) is 29.3 Å². The summed E-state index contributed by atoms with van der Waals surface area (Å²) in [5, 5.41) is 4.80. The zero-order chi connectivity index (χ0) is 14.4. The van der Waals surface area contributed by atoms with E-state index in [1.54, 1.807) is 0 Å². The summed E-state index contributed by atoms with van der Waals surface area (Å²) >= 11 is 5.87. The lowest BCUT2D eigenvalue weighted by atomic mass is 10.1. The fraction of sp³-hybridized carbons (Fsp3) is 0.188. The molecule has 0 saturated carbocycles. The number of halogens is 1. The molecule has 1 aromatic heterocycles. The van der Waals surface area contributed by atoms with Crippen LogP contribution in [0.1, 0.15) is 5.76 Å². The summed E-state index contributed by atoms with van der Waals surface area (Å²) < 4.78 is 5.38. The van der Waals surface area contributed by atoms with E-state index in [0.29, 0.717) is 11.6 Å². The van der Waals surface area contributed by atoms with Crippen LogP contribution in [-0.4, -0.2) is 23.1 Å². The predicted molar refractivity (Wildman–Crippen MR) is 82.6 cm³/mol. The van der Waals surface area contributed by atoms with E-state index >= 15 is 0 Å². The van der Waals surface area contributed by atoms with Crippen molar-refractivity contribution in [3.05, 3.63) is 66.4 Å². The van der Waals surface area contributed by atoms with E-state index in [9.17, 15) is 0 Å². The molecule has 0 atom stereocenters. The van der Waals surface area contributed by atoms with Gasteiger partial charge in [0.1, 0.15) is 5.69 Å². The second-order valence-electron chi connectivity index (χ2n) is 4.46. The van der Waals surface area contributed by atoms with Gasteiger partial charge in [0.25, 0.3) is 0 Å². The maximum atomic E-state index is 5.87. The highest BCUT2D eigenvalue weighted by atomic mass is 35.5. The molecular weight excluding hydrogens is 272 g/mol. The van der Waals surface area contributed by atoms with Crippen molar-refractivity contribution < 1.29 is 4.52 Å².